The molecule has 1 aromatic carbocycles. The maximum atomic E-state index is 6.33. The summed E-state index contributed by atoms with van der Waals surface area (Å²) >= 11 is 6.33. The largest absolute Gasteiger partial charge is 0.314 e. The molecule has 1 fully saturated rings. The van der Waals surface area contributed by atoms with Gasteiger partial charge in [0.25, 0.3) is 0 Å². The van der Waals surface area contributed by atoms with Gasteiger partial charge >= 0.3 is 0 Å². The van der Waals surface area contributed by atoms with Crippen LogP contribution in [0.3, 0.4) is 0 Å². The molecule has 18 heavy (non-hydrogen) atoms. The highest BCUT2D eigenvalue weighted by atomic mass is 35.5. The highest BCUT2D eigenvalue weighted by molar-refractivity contribution is 6.31. The van der Waals surface area contributed by atoms with Crippen molar-refractivity contribution in [1.29, 1.82) is 0 Å². The average molecular weight is 268 g/mol. The molecule has 1 aliphatic heterocycles. The summed E-state index contributed by atoms with van der Waals surface area (Å²) in [6.07, 6.45) is 0. The van der Waals surface area contributed by atoms with E-state index in [0.717, 1.165) is 44.3 Å². The van der Waals surface area contributed by atoms with Gasteiger partial charge in [0.2, 0.25) is 0 Å². The van der Waals surface area contributed by atoms with Gasteiger partial charge in [0.1, 0.15) is 0 Å². The molecule has 1 heterocycles. The van der Waals surface area contributed by atoms with Crippen LogP contribution in [0.5, 0.6) is 0 Å². The topological polar surface area (TPSA) is 18.5 Å². The molecular weight excluding hydrogens is 246 g/mol. The van der Waals surface area contributed by atoms with E-state index in [-0.39, 0.29) is 0 Å². The molecular formula is C14H22ClN3. The number of benzene rings is 1. The number of nitrogens with zero attached hydrogens (tertiary/aromatic N) is 2. The minimum atomic E-state index is 0.885. The number of nitrogens with one attached hydrogen (secondary N) is 1. The first-order valence-electron chi connectivity index (χ1n) is 6.50. The zero-order valence-corrected chi connectivity index (χ0v) is 12.0. The van der Waals surface area contributed by atoms with Gasteiger partial charge in [0.05, 0.1) is 0 Å². The number of halogens is 1. The standard InChI is InChI=1S/C14H22ClN3/c1-17(2)11-13-4-3-12(9-14(13)15)10-18-7-5-16-6-8-18/h3-4,9,16H,5-8,10-11H2,1-2H3. The Balaban J connectivity index is 1.99. The van der Waals surface area contributed by atoms with E-state index >= 15 is 0 Å². The van der Waals surface area contributed by atoms with E-state index in [4.69, 9.17) is 11.6 Å². The summed E-state index contributed by atoms with van der Waals surface area (Å²) in [6, 6.07) is 6.47. The van der Waals surface area contributed by atoms with Crippen molar-refractivity contribution in [1.82, 2.24) is 15.1 Å². The summed E-state index contributed by atoms with van der Waals surface area (Å²) in [6.45, 7) is 6.32. The molecule has 0 unspecified atom stereocenters. The van der Waals surface area contributed by atoms with Gasteiger partial charge in [-0.15, -0.1) is 0 Å². The Morgan fingerprint density at radius 2 is 2.00 bits per heavy atom. The minimum absolute atomic E-state index is 0.885. The van der Waals surface area contributed by atoms with E-state index < -0.39 is 0 Å². The first-order chi connectivity index (χ1) is 8.65. The summed E-state index contributed by atoms with van der Waals surface area (Å²) in [5, 5.41) is 4.25. The predicted octanol–water partition coefficient (Wildman–Crippen LogP) is 1.81. The Morgan fingerprint density at radius 1 is 1.28 bits per heavy atom. The van der Waals surface area contributed by atoms with Crippen LogP contribution in [-0.4, -0.2) is 50.1 Å². The second kappa shape index (κ2) is 6.53. The second-order valence-electron chi connectivity index (χ2n) is 5.19. The van der Waals surface area contributed by atoms with Crippen LogP contribution in [0.4, 0.5) is 0 Å². The molecule has 0 aliphatic carbocycles. The lowest BCUT2D eigenvalue weighted by atomic mass is 10.1. The van der Waals surface area contributed by atoms with Gasteiger partial charge in [-0.2, -0.15) is 0 Å². The summed E-state index contributed by atoms with van der Waals surface area (Å²) in [5.41, 5.74) is 2.51. The van der Waals surface area contributed by atoms with Crippen LogP contribution in [0.1, 0.15) is 11.1 Å². The summed E-state index contributed by atoms with van der Waals surface area (Å²) in [7, 11) is 4.12. The van der Waals surface area contributed by atoms with Crippen LogP contribution in [0.25, 0.3) is 0 Å². The summed E-state index contributed by atoms with van der Waals surface area (Å²) < 4.78 is 0. The van der Waals surface area contributed by atoms with E-state index in [1.54, 1.807) is 0 Å². The third-order valence-electron chi connectivity index (χ3n) is 3.22. The van der Waals surface area contributed by atoms with E-state index in [1.807, 2.05) is 0 Å². The molecule has 4 heteroatoms. The Hall–Kier alpha value is -0.610. The average Bonchev–Trinajstić information content (AvgIpc) is 2.33. The van der Waals surface area contributed by atoms with E-state index in [1.165, 1.54) is 11.1 Å². The van der Waals surface area contributed by atoms with Gasteiger partial charge in [-0.25, -0.2) is 0 Å². The first-order valence-corrected chi connectivity index (χ1v) is 6.88. The number of hydrogen-bond acceptors (Lipinski definition) is 3. The quantitative estimate of drug-likeness (QED) is 0.898. The van der Waals surface area contributed by atoms with Crippen molar-refractivity contribution >= 4 is 11.6 Å². The van der Waals surface area contributed by atoms with Crippen LogP contribution < -0.4 is 5.32 Å². The van der Waals surface area contributed by atoms with Gasteiger partial charge in [0.15, 0.2) is 0 Å². The molecule has 0 atom stereocenters. The van der Waals surface area contributed by atoms with E-state index in [0.29, 0.717) is 0 Å². The molecule has 0 saturated carbocycles. The Kier molecular flexibility index (Phi) is 5.01. The van der Waals surface area contributed by atoms with Crippen LogP contribution in [0, 0.1) is 0 Å². The number of hydrogen-bond donors (Lipinski definition) is 1. The van der Waals surface area contributed by atoms with Crippen LogP contribution in [0.15, 0.2) is 18.2 Å². The maximum Gasteiger partial charge on any atom is 0.0454 e. The Morgan fingerprint density at radius 3 is 2.61 bits per heavy atom. The molecule has 0 spiro atoms. The van der Waals surface area contributed by atoms with Crippen molar-refractivity contribution in [3.8, 4) is 0 Å². The van der Waals surface area contributed by atoms with Gasteiger partial charge in [-0.1, -0.05) is 23.7 Å². The van der Waals surface area contributed by atoms with Crippen molar-refractivity contribution in [3.05, 3.63) is 34.3 Å². The molecule has 1 N–H and O–H groups in total. The molecule has 0 aromatic heterocycles. The highest BCUT2D eigenvalue weighted by Crippen LogP contribution is 2.20. The number of piperazine rings is 1. The van der Waals surface area contributed by atoms with Crippen molar-refractivity contribution in [2.45, 2.75) is 13.1 Å². The lowest BCUT2D eigenvalue weighted by Crippen LogP contribution is -2.42. The summed E-state index contributed by atoms with van der Waals surface area (Å²) in [4.78, 5) is 4.60. The fourth-order valence-corrected chi connectivity index (χ4v) is 2.55. The second-order valence-corrected chi connectivity index (χ2v) is 5.60. The lowest BCUT2D eigenvalue weighted by Gasteiger charge is -2.27. The fourth-order valence-electron chi connectivity index (χ4n) is 2.29. The molecule has 0 bridgehead atoms. The van der Waals surface area contributed by atoms with Crippen molar-refractivity contribution < 1.29 is 0 Å². The van der Waals surface area contributed by atoms with Gasteiger partial charge in [-0.3, -0.25) is 4.90 Å². The number of rotatable bonds is 4. The molecule has 3 nitrogen and oxygen atoms in total. The third kappa shape index (κ3) is 3.95. The summed E-state index contributed by atoms with van der Waals surface area (Å²) in [5.74, 6) is 0. The van der Waals surface area contributed by atoms with Crippen LogP contribution >= 0.6 is 11.6 Å². The van der Waals surface area contributed by atoms with Crippen molar-refractivity contribution in [2.24, 2.45) is 0 Å². The molecule has 100 valence electrons. The van der Waals surface area contributed by atoms with E-state index in [2.05, 4.69) is 47.4 Å². The van der Waals surface area contributed by atoms with Crippen molar-refractivity contribution in [3.63, 3.8) is 0 Å². The smallest absolute Gasteiger partial charge is 0.0454 e. The molecule has 0 radical (unpaired) electrons. The Bertz CT molecular complexity index is 387. The predicted molar refractivity (Wildman–Crippen MR) is 77.0 cm³/mol. The lowest BCUT2D eigenvalue weighted by molar-refractivity contribution is 0.233. The fraction of sp³-hybridized carbons (Fsp3) is 0.571. The molecule has 1 saturated heterocycles. The van der Waals surface area contributed by atoms with Crippen molar-refractivity contribution in [2.75, 3.05) is 40.3 Å². The minimum Gasteiger partial charge on any atom is -0.314 e. The van der Waals surface area contributed by atoms with Gasteiger partial charge in [-0.05, 0) is 31.3 Å². The molecule has 1 aromatic rings. The van der Waals surface area contributed by atoms with Crippen LogP contribution in [0.2, 0.25) is 5.02 Å². The Labute approximate surface area is 115 Å². The first kappa shape index (κ1) is 13.8. The highest BCUT2D eigenvalue weighted by Gasteiger charge is 2.11. The van der Waals surface area contributed by atoms with Gasteiger partial charge < -0.3 is 10.2 Å². The molecule has 0 amide bonds. The maximum absolute atomic E-state index is 6.33. The SMILES string of the molecule is CN(C)Cc1ccc(CN2CCNCC2)cc1Cl. The zero-order valence-electron chi connectivity index (χ0n) is 11.2. The monoisotopic (exact) mass is 267 g/mol. The van der Waals surface area contributed by atoms with E-state index in [9.17, 15) is 0 Å². The zero-order chi connectivity index (χ0) is 13.0. The third-order valence-corrected chi connectivity index (χ3v) is 3.57. The molecule has 2 rings (SSSR count). The van der Waals surface area contributed by atoms with Crippen LogP contribution in [-0.2, 0) is 13.1 Å². The van der Waals surface area contributed by atoms with Gasteiger partial charge in [0, 0.05) is 44.3 Å². The normalized spacial score (nSPS) is 17.3. The molecule has 1 aliphatic rings.